The summed E-state index contributed by atoms with van der Waals surface area (Å²) in [4.78, 5) is 22.4. The molecule has 0 fully saturated rings. The van der Waals surface area contributed by atoms with Gasteiger partial charge in [-0.1, -0.05) is 15.9 Å². The maximum Gasteiger partial charge on any atom is 0.289 e. The van der Waals surface area contributed by atoms with E-state index in [0.717, 1.165) is 12.1 Å². The van der Waals surface area contributed by atoms with E-state index in [0.29, 0.717) is 4.47 Å². The number of sulfonamides is 1. The van der Waals surface area contributed by atoms with Crippen LogP contribution in [0.1, 0.15) is 6.42 Å². The van der Waals surface area contributed by atoms with Crippen molar-refractivity contribution >= 4 is 37.5 Å². The molecule has 1 N–H and O–H groups in total. The Morgan fingerprint density at radius 2 is 2.05 bits per heavy atom. The Balaban J connectivity index is 2.95. The largest absolute Gasteiger partial charge is 0.349 e. The highest BCUT2D eigenvalue weighted by atomic mass is 79.9. The van der Waals surface area contributed by atoms with Gasteiger partial charge in [0, 0.05) is 37.6 Å². The van der Waals surface area contributed by atoms with E-state index in [4.69, 9.17) is 0 Å². The number of nitrogens with zero attached hydrogens (tertiary/aromatic N) is 2. The average Bonchev–Trinajstić information content (AvgIpc) is 2.37. The second-order valence-electron chi connectivity index (χ2n) is 4.31. The van der Waals surface area contributed by atoms with Gasteiger partial charge in [-0.2, -0.15) is 0 Å². The van der Waals surface area contributed by atoms with Crippen molar-refractivity contribution in [1.29, 1.82) is 0 Å². The molecule has 0 aromatic heterocycles. The average molecular weight is 380 g/mol. The predicted molar refractivity (Wildman–Crippen MR) is 79.3 cm³/mol. The Morgan fingerprint density at radius 1 is 1.43 bits per heavy atom. The number of nitrogens with one attached hydrogen (secondary N) is 1. The minimum absolute atomic E-state index is 0.0337. The van der Waals surface area contributed by atoms with Crippen LogP contribution in [0.4, 0.5) is 5.69 Å². The van der Waals surface area contributed by atoms with Crippen LogP contribution >= 0.6 is 15.9 Å². The molecule has 8 nitrogen and oxygen atoms in total. The minimum Gasteiger partial charge on any atom is -0.349 e. The van der Waals surface area contributed by atoms with Crippen LogP contribution in [0.3, 0.4) is 0 Å². The third-order valence-corrected chi connectivity index (χ3v) is 4.52. The number of benzene rings is 1. The molecule has 0 saturated carbocycles. The molecule has 1 amide bonds. The van der Waals surface area contributed by atoms with Gasteiger partial charge < -0.3 is 4.90 Å². The van der Waals surface area contributed by atoms with E-state index in [-0.39, 0.29) is 18.9 Å². The maximum atomic E-state index is 12.1. The smallest absolute Gasteiger partial charge is 0.289 e. The number of amides is 1. The molecule has 21 heavy (non-hydrogen) atoms. The van der Waals surface area contributed by atoms with E-state index in [1.54, 1.807) is 14.1 Å². The van der Waals surface area contributed by atoms with Crippen molar-refractivity contribution in [2.24, 2.45) is 0 Å². The second kappa shape index (κ2) is 6.96. The Kier molecular flexibility index (Phi) is 5.81. The molecule has 0 aliphatic rings. The highest BCUT2D eigenvalue weighted by molar-refractivity contribution is 9.10. The first-order valence-electron chi connectivity index (χ1n) is 5.79. The lowest BCUT2D eigenvalue weighted by Crippen LogP contribution is -2.30. The third-order valence-electron chi connectivity index (χ3n) is 2.54. The molecule has 0 spiro atoms. The number of halogens is 1. The monoisotopic (exact) mass is 379 g/mol. The number of nitro benzene ring substituents is 1. The zero-order valence-corrected chi connectivity index (χ0v) is 13.8. The molecule has 0 radical (unpaired) electrons. The summed E-state index contributed by atoms with van der Waals surface area (Å²) in [6.07, 6.45) is -0.0337. The molecule has 0 unspecified atom stereocenters. The molecule has 116 valence electrons. The molecule has 1 aromatic carbocycles. The summed E-state index contributed by atoms with van der Waals surface area (Å²) < 4.78 is 26.8. The molecule has 1 aromatic rings. The van der Waals surface area contributed by atoms with E-state index >= 15 is 0 Å². The first-order chi connectivity index (χ1) is 9.65. The molecule has 0 aliphatic heterocycles. The quantitative estimate of drug-likeness (QED) is 0.587. The zero-order valence-electron chi connectivity index (χ0n) is 11.4. The van der Waals surface area contributed by atoms with Crippen molar-refractivity contribution in [2.75, 3.05) is 20.6 Å². The van der Waals surface area contributed by atoms with Crippen molar-refractivity contribution in [2.45, 2.75) is 11.3 Å². The van der Waals surface area contributed by atoms with Crippen LogP contribution in [0.2, 0.25) is 0 Å². The molecule has 1 rings (SSSR count). The van der Waals surface area contributed by atoms with Crippen molar-refractivity contribution < 1.29 is 18.1 Å². The van der Waals surface area contributed by atoms with Crippen LogP contribution in [0.25, 0.3) is 0 Å². The molecule has 10 heteroatoms. The number of nitro groups is 1. The van der Waals surface area contributed by atoms with Gasteiger partial charge in [0.25, 0.3) is 5.69 Å². The van der Waals surface area contributed by atoms with Gasteiger partial charge in [0.05, 0.1) is 4.92 Å². The van der Waals surface area contributed by atoms with Crippen molar-refractivity contribution in [1.82, 2.24) is 9.62 Å². The lowest BCUT2D eigenvalue weighted by Gasteiger charge is -2.11. The number of carbonyl (C=O) groups is 1. The van der Waals surface area contributed by atoms with Crippen LogP contribution in [-0.2, 0) is 14.8 Å². The summed E-state index contributed by atoms with van der Waals surface area (Å²) in [5.41, 5.74) is -0.523. The van der Waals surface area contributed by atoms with Crippen LogP contribution in [-0.4, -0.2) is 44.8 Å². The Morgan fingerprint density at radius 3 is 2.57 bits per heavy atom. The Bertz CT molecular complexity index is 660. The summed E-state index contributed by atoms with van der Waals surface area (Å²) >= 11 is 3.07. The number of hydrogen-bond acceptors (Lipinski definition) is 5. The Hall–Kier alpha value is -1.52. The maximum absolute atomic E-state index is 12.1. The SMILES string of the molecule is CN(C)C(=O)CCNS(=O)(=O)c1cc(Br)ccc1[N+](=O)[O-]. The lowest BCUT2D eigenvalue weighted by molar-refractivity contribution is -0.387. The standard InChI is InChI=1S/C11H14BrN3O5S/c1-14(2)11(16)5-6-13-21(19,20)10-7-8(12)3-4-9(10)15(17)18/h3-4,7,13H,5-6H2,1-2H3. The van der Waals surface area contributed by atoms with Gasteiger partial charge in [-0.3, -0.25) is 14.9 Å². The van der Waals surface area contributed by atoms with Gasteiger partial charge in [0.2, 0.25) is 15.9 Å². The number of hydrogen-bond donors (Lipinski definition) is 1. The van der Waals surface area contributed by atoms with Gasteiger partial charge in [-0.25, -0.2) is 13.1 Å². The van der Waals surface area contributed by atoms with E-state index in [2.05, 4.69) is 20.7 Å². The zero-order chi connectivity index (χ0) is 16.2. The molecular formula is C11H14BrN3O5S. The van der Waals surface area contributed by atoms with Gasteiger partial charge >= 0.3 is 0 Å². The van der Waals surface area contributed by atoms with E-state index in [9.17, 15) is 23.3 Å². The van der Waals surface area contributed by atoms with E-state index < -0.39 is 25.5 Å². The van der Waals surface area contributed by atoms with Crippen LogP contribution < -0.4 is 4.72 Å². The first-order valence-corrected chi connectivity index (χ1v) is 8.06. The highest BCUT2D eigenvalue weighted by Gasteiger charge is 2.25. The number of rotatable bonds is 6. The summed E-state index contributed by atoms with van der Waals surface area (Å²) in [5.74, 6) is -0.249. The van der Waals surface area contributed by atoms with E-state index in [1.165, 1.54) is 11.0 Å². The van der Waals surface area contributed by atoms with Gasteiger partial charge in [0.15, 0.2) is 4.90 Å². The first kappa shape index (κ1) is 17.5. The van der Waals surface area contributed by atoms with Crippen LogP contribution in [0.15, 0.2) is 27.6 Å². The third kappa shape index (κ3) is 4.76. The second-order valence-corrected chi connectivity index (χ2v) is 6.96. The fourth-order valence-corrected chi connectivity index (χ4v) is 3.19. The highest BCUT2D eigenvalue weighted by Crippen LogP contribution is 2.26. The molecule has 0 heterocycles. The molecule has 0 saturated heterocycles. The molecule has 0 aliphatic carbocycles. The normalized spacial score (nSPS) is 11.2. The fraction of sp³-hybridized carbons (Fsp3) is 0.364. The van der Waals surface area contributed by atoms with Crippen molar-refractivity contribution in [3.05, 3.63) is 32.8 Å². The van der Waals surface area contributed by atoms with E-state index in [1.807, 2.05) is 0 Å². The summed E-state index contributed by atoms with van der Waals surface area (Å²) in [6.45, 7) is -0.136. The Labute approximate surface area is 130 Å². The van der Waals surface area contributed by atoms with Crippen molar-refractivity contribution in [3.63, 3.8) is 0 Å². The van der Waals surface area contributed by atoms with Crippen LogP contribution in [0, 0.1) is 10.1 Å². The van der Waals surface area contributed by atoms with Crippen molar-refractivity contribution in [3.8, 4) is 0 Å². The minimum atomic E-state index is -4.07. The van der Waals surface area contributed by atoms with Gasteiger partial charge in [0.1, 0.15) is 0 Å². The molecular weight excluding hydrogens is 366 g/mol. The number of carbonyl (C=O) groups excluding carboxylic acids is 1. The lowest BCUT2D eigenvalue weighted by atomic mass is 10.3. The summed E-state index contributed by atoms with van der Waals surface area (Å²) in [7, 11) is -0.969. The van der Waals surface area contributed by atoms with Gasteiger partial charge in [-0.05, 0) is 12.1 Å². The summed E-state index contributed by atoms with van der Waals surface area (Å²) in [5, 5.41) is 10.9. The fourth-order valence-electron chi connectivity index (χ4n) is 1.45. The summed E-state index contributed by atoms with van der Waals surface area (Å²) in [6, 6.07) is 3.63. The molecule has 0 bridgehead atoms. The van der Waals surface area contributed by atoms with Gasteiger partial charge in [-0.15, -0.1) is 0 Å². The topological polar surface area (TPSA) is 110 Å². The van der Waals surface area contributed by atoms with Crippen LogP contribution in [0.5, 0.6) is 0 Å². The predicted octanol–water partition coefficient (Wildman–Crippen LogP) is 1.11. The molecule has 0 atom stereocenters.